The molecule has 1 aliphatic rings. The Hall–Kier alpha value is -0.830. The highest BCUT2D eigenvalue weighted by Crippen LogP contribution is 2.42. The lowest BCUT2D eigenvalue weighted by molar-refractivity contribution is -0.137. The molecule has 0 atom stereocenters. The number of esters is 1. The molecule has 0 saturated heterocycles. The van der Waals surface area contributed by atoms with E-state index in [0.29, 0.717) is 6.61 Å². The Morgan fingerprint density at radius 3 is 2.91 bits per heavy atom. The first-order chi connectivity index (χ1) is 10.9. The number of nitrogens with zero attached hydrogens (tertiary/aromatic N) is 2. The zero-order valence-electron chi connectivity index (χ0n) is 13.5. The van der Waals surface area contributed by atoms with E-state index in [1.165, 1.54) is 41.1 Å². The van der Waals surface area contributed by atoms with Crippen molar-refractivity contribution >= 4 is 51.0 Å². The summed E-state index contributed by atoms with van der Waals surface area (Å²) in [6, 6.07) is 0. The van der Waals surface area contributed by atoms with E-state index in [4.69, 9.17) is 9.47 Å². The summed E-state index contributed by atoms with van der Waals surface area (Å²) in [6.45, 7) is 4.80. The molecule has 5 nitrogen and oxygen atoms in total. The molecule has 3 rings (SSSR count). The van der Waals surface area contributed by atoms with Crippen molar-refractivity contribution in [3.8, 4) is 0 Å². The monoisotopic (exact) mass is 370 g/mol. The van der Waals surface area contributed by atoms with Gasteiger partial charge in [0.05, 0.1) is 25.1 Å². The van der Waals surface area contributed by atoms with Gasteiger partial charge >= 0.3 is 5.97 Å². The lowest BCUT2D eigenvalue weighted by Crippen LogP contribution is -2.31. The van der Waals surface area contributed by atoms with Crippen LogP contribution in [0.25, 0.3) is 10.2 Å². The molecule has 0 amide bonds. The summed E-state index contributed by atoms with van der Waals surface area (Å²) in [5, 5.41) is 2.66. The van der Waals surface area contributed by atoms with E-state index in [0.717, 1.165) is 26.8 Å². The lowest BCUT2D eigenvalue weighted by atomic mass is 9.95. The lowest BCUT2D eigenvalue weighted by Gasteiger charge is -2.30. The van der Waals surface area contributed by atoms with Crippen LogP contribution in [0.5, 0.6) is 0 Å². The number of thioether (sulfide) groups is 2. The maximum Gasteiger partial charge on any atom is 0.316 e. The molecule has 8 heteroatoms. The number of carbonyl (C=O) groups is 1. The maximum atomic E-state index is 11.5. The third-order valence-electron chi connectivity index (χ3n) is 3.61. The van der Waals surface area contributed by atoms with Crippen LogP contribution < -0.4 is 0 Å². The van der Waals surface area contributed by atoms with E-state index >= 15 is 0 Å². The maximum absolute atomic E-state index is 11.5. The minimum Gasteiger partial charge on any atom is -0.468 e. The van der Waals surface area contributed by atoms with Gasteiger partial charge in [-0.3, -0.25) is 4.79 Å². The summed E-state index contributed by atoms with van der Waals surface area (Å²) in [5.41, 5.74) is 1.07. The molecule has 0 N–H and O–H groups in total. The molecule has 0 bridgehead atoms. The van der Waals surface area contributed by atoms with E-state index in [9.17, 15) is 4.79 Å². The fourth-order valence-electron chi connectivity index (χ4n) is 2.47. The summed E-state index contributed by atoms with van der Waals surface area (Å²) < 4.78 is 10.7. The van der Waals surface area contributed by atoms with Crippen molar-refractivity contribution < 1.29 is 14.3 Å². The summed E-state index contributed by atoms with van der Waals surface area (Å²) >= 11 is 4.59. The Morgan fingerprint density at radius 2 is 2.22 bits per heavy atom. The zero-order valence-corrected chi connectivity index (χ0v) is 15.9. The molecule has 2 aromatic rings. The van der Waals surface area contributed by atoms with E-state index < -0.39 is 0 Å². The van der Waals surface area contributed by atoms with Crippen LogP contribution in [0.1, 0.15) is 24.3 Å². The molecule has 0 aliphatic carbocycles. The van der Waals surface area contributed by atoms with Crippen LogP contribution in [-0.4, -0.2) is 40.7 Å². The average Bonchev–Trinajstić information content (AvgIpc) is 2.88. The quantitative estimate of drug-likeness (QED) is 0.353. The summed E-state index contributed by atoms with van der Waals surface area (Å²) in [5.74, 6) is 0.00115. The van der Waals surface area contributed by atoms with Gasteiger partial charge in [0, 0.05) is 16.7 Å². The molecule has 0 fully saturated rings. The Bertz CT molecular complexity index is 758. The molecular formula is C15H18N2O3S3. The molecule has 3 heterocycles. The second-order valence-corrected chi connectivity index (χ2v) is 8.61. The predicted molar refractivity (Wildman–Crippen MR) is 94.5 cm³/mol. The molecule has 0 aromatic carbocycles. The molecule has 0 spiro atoms. The zero-order chi connectivity index (χ0) is 16.6. The third kappa shape index (κ3) is 3.50. The number of rotatable bonds is 4. The van der Waals surface area contributed by atoms with E-state index in [1.54, 1.807) is 11.3 Å². The van der Waals surface area contributed by atoms with Crippen molar-refractivity contribution in [3.63, 3.8) is 0 Å². The van der Waals surface area contributed by atoms with Gasteiger partial charge in [-0.05, 0) is 25.7 Å². The summed E-state index contributed by atoms with van der Waals surface area (Å²) in [4.78, 5) is 23.0. The topological polar surface area (TPSA) is 61.3 Å². The normalized spacial score (nSPS) is 16.3. The van der Waals surface area contributed by atoms with Crippen LogP contribution in [0.15, 0.2) is 10.2 Å². The third-order valence-corrected chi connectivity index (χ3v) is 6.21. The molecule has 124 valence electrons. The first kappa shape index (κ1) is 17.0. The number of thiophene rings is 1. The van der Waals surface area contributed by atoms with Crippen molar-refractivity contribution in [3.05, 3.63) is 10.4 Å². The van der Waals surface area contributed by atoms with Crippen LogP contribution in [0.2, 0.25) is 0 Å². The number of hydrogen-bond donors (Lipinski definition) is 0. The minimum atomic E-state index is -0.250. The van der Waals surface area contributed by atoms with E-state index in [2.05, 4.69) is 23.8 Å². The van der Waals surface area contributed by atoms with Crippen LogP contribution in [0.3, 0.4) is 0 Å². The number of hydrogen-bond acceptors (Lipinski definition) is 8. The number of methoxy groups -OCH3 is 1. The number of ether oxygens (including phenoxy) is 2. The Morgan fingerprint density at radius 1 is 1.43 bits per heavy atom. The number of carbonyl (C=O) groups excluding carboxylic acids is 1. The van der Waals surface area contributed by atoms with Gasteiger partial charge in [0.2, 0.25) is 0 Å². The SMILES string of the molecule is COC(=O)CSc1nc(SC)nc2sc3c(c12)CC(C)(C)OC3. The molecule has 2 aromatic heterocycles. The van der Waals surface area contributed by atoms with Gasteiger partial charge in [0.15, 0.2) is 5.16 Å². The summed E-state index contributed by atoms with van der Waals surface area (Å²) in [7, 11) is 1.40. The molecule has 0 unspecified atom stereocenters. The number of aromatic nitrogens is 2. The predicted octanol–water partition coefficient (Wildman–Crippen LogP) is 3.53. The second kappa shape index (κ2) is 6.58. The summed E-state index contributed by atoms with van der Waals surface area (Å²) in [6.07, 6.45) is 2.78. The van der Waals surface area contributed by atoms with Crippen LogP contribution >= 0.6 is 34.9 Å². The molecule has 0 radical (unpaired) electrons. The standard InChI is InChI=1S/C15H18N2O3S3/c1-15(2)5-8-9(6-20-15)23-13-11(8)12(16-14(17-13)21-4)22-7-10(18)19-3/h5-7H2,1-4H3. The minimum absolute atomic E-state index is 0.191. The molecular weight excluding hydrogens is 352 g/mol. The first-order valence-corrected chi connectivity index (χ1v) is 10.2. The fraction of sp³-hybridized carbons (Fsp3) is 0.533. The Balaban J connectivity index is 2.09. The van der Waals surface area contributed by atoms with Crippen molar-refractivity contribution in [1.29, 1.82) is 0 Å². The largest absolute Gasteiger partial charge is 0.468 e. The fourth-order valence-corrected chi connectivity index (χ4v) is 5.01. The Labute approximate surface area is 147 Å². The van der Waals surface area contributed by atoms with Crippen molar-refractivity contribution in [2.75, 3.05) is 19.1 Å². The van der Waals surface area contributed by atoms with Gasteiger partial charge in [-0.1, -0.05) is 23.5 Å². The average molecular weight is 371 g/mol. The van der Waals surface area contributed by atoms with E-state index in [-0.39, 0.29) is 17.3 Å². The number of fused-ring (bicyclic) bond motifs is 3. The van der Waals surface area contributed by atoms with Gasteiger partial charge in [0.25, 0.3) is 0 Å². The van der Waals surface area contributed by atoms with Gasteiger partial charge in [-0.25, -0.2) is 9.97 Å². The van der Waals surface area contributed by atoms with Crippen molar-refractivity contribution in [1.82, 2.24) is 9.97 Å². The molecule has 1 aliphatic heterocycles. The molecule has 23 heavy (non-hydrogen) atoms. The molecule has 0 saturated carbocycles. The van der Waals surface area contributed by atoms with Crippen molar-refractivity contribution in [2.24, 2.45) is 0 Å². The van der Waals surface area contributed by atoms with Crippen LogP contribution in [0, 0.1) is 0 Å². The van der Waals surface area contributed by atoms with Crippen LogP contribution in [-0.2, 0) is 27.3 Å². The van der Waals surface area contributed by atoms with Gasteiger partial charge in [-0.2, -0.15) is 0 Å². The highest BCUT2D eigenvalue weighted by Gasteiger charge is 2.31. The van der Waals surface area contributed by atoms with E-state index in [1.807, 2.05) is 6.26 Å². The highest BCUT2D eigenvalue weighted by molar-refractivity contribution is 8.00. The van der Waals surface area contributed by atoms with Crippen molar-refractivity contribution in [2.45, 2.75) is 42.7 Å². The van der Waals surface area contributed by atoms with Gasteiger partial charge < -0.3 is 9.47 Å². The first-order valence-electron chi connectivity index (χ1n) is 7.13. The van der Waals surface area contributed by atoms with Gasteiger partial charge in [-0.15, -0.1) is 11.3 Å². The smallest absolute Gasteiger partial charge is 0.316 e. The second-order valence-electron chi connectivity index (χ2n) is 5.79. The Kier molecular flexibility index (Phi) is 4.87. The van der Waals surface area contributed by atoms with Gasteiger partial charge in [0.1, 0.15) is 9.86 Å². The highest BCUT2D eigenvalue weighted by atomic mass is 32.2. The van der Waals surface area contributed by atoms with Crippen LogP contribution in [0.4, 0.5) is 0 Å².